The van der Waals surface area contributed by atoms with Crippen LogP contribution in [0, 0.1) is 0 Å². The van der Waals surface area contributed by atoms with Gasteiger partial charge in [-0.1, -0.05) is 29.8 Å². The molecule has 0 saturated heterocycles. The number of benzene rings is 1. The lowest BCUT2D eigenvalue weighted by Gasteiger charge is -2.07. The number of nitrogens with one attached hydrogen (secondary N) is 2. The van der Waals surface area contributed by atoms with Gasteiger partial charge in [0.25, 0.3) is 5.91 Å². The van der Waals surface area contributed by atoms with E-state index in [1.807, 2.05) is 4.72 Å². The number of hydrogen-bond donors (Lipinski definition) is 2. The molecule has 0 bridgehead atoms. The fourth-order valence-corrected chi connectivity index (χ4v) is 3.29. The molecule has 2 N–H and O–H groups in total. The average Bonchev–Trinajstić information content (AvgIpc) is 2.97. The van der Waals surface area contributed by atoms with Gasteiger partial charge in [0, 0.05) is 11.6 Å². The van der Waals surface area contributed by atoms with E-state index in [1.165, 1.54) is 24.4 Å². The first kappa shape index (κ1) is 15.4. The Morgan fingerprint density at radius 3 is 2.78 bits per heavy atom. The Morgan fingerprint density at radius 2 is 2.04 bits per heavy atom. The molecule has 1 amide bonds. The molecule has 0 fully saturated rings. The summed E-state index contributed by atoms with van der Waals surface area (Å²) in [5, 5.41) is 7.51. The number of rotatable bonds is 4. The van der Waals surface area contributed by atoms with E-state index in [0.29, 0.717) is 11.1 Å². The van der Waals surface area contributed by atoms with E-state index >= 15 is 0 Å². The lowest BCUT2D eigenvalue weighted by molar-refractivity contribution is 0.0983. The molecular weight excluding hydrogens is 340 g/mol. The number of hydrogen-bond acceptors (Lipinski definition) is 5. The van der Waals surface area contributed by atoms with Crippen molar-refractivity contribution in [1.82, 2.24) is 19.9 Å². The summed E-state index contributed by atoms with van der Waals surface area (Å²) in [5.74, 6) is -1.09. The number of pyridine rings is 1. The topological polar surface area (TPSA) is 105 Å². The molecule has 0 atom stereocenters. The number of H-pyrrole nitrogens is 1. The van der Waals surface area contributed by atoms with E-state index in [0.717, 1.165) is 5.39 Å². The summed E-state index contributed by atoms with van der Waals surface area (Å²) < 4.78 is 26.3. The number of carbonyl (C=O) groups excluding carboxylic acids is 1. The van der Waals surface area contributed by atoms with Gasteiger partial charge in [-0.15, -0.1) is 0 Å². The highest BCUT2D eigenvalue weighted by molar-refractivity contribution is 7.89. The van der Waals surface area contributed by atoms with Crippen LogP contribution in [0.5, 0.6) is 0 Å². The van der Waals surface area contributed by atoms with Crippen molar-refractivity contribution in [3.05, 3.63) is 59.0 Å². The summed E-state index contributed by atoms with van der Waals surface area (Å²) in [6, 6.07) is 7.97. The first-order valence-electron chi connectivity index (χ1n) is 6.52. The van der Waals surface area contributed by atoms with Crippen molar-refractivity contribution in [2.24, 2.45) is 0 Å². The SMILES string of the molecule is O=C(NS(=O)(=O)Cc1ccc(Cl)nc1)c1cccc2cn[nH]c12. The fourth-order valence-electron chi connectivity index (χ4n) is 2.10. The third-order valence-corrected chi connectivity index (χ3v) is 4.55. The number of carbonyl (C=O) groups is 1. The average molecular weight is 351 g/mol. The van der Waals surface area contributed by atoms with Crippen molar-refractivity contribution in [3.63, 3.8) is 0 Å². The third-order valence-electron chi connectivity index (χ3n) is 3.11. The summed E-state index contributed by atoms with van der Waals surface area (Å²) in [5.41, 5.74) is 1.11. The van der Waals surface area contributed by atoms with Gasteiger partial charge in [0.2, 0.25) is 10.0 Å². The van der Waals surface area contributed by atoms with Gasteiger partial charge in [-0.2, -0.15) is 5.10 Å². The van der Waals surface area contributed by atoms with Crippen molar-refractivity contribution >= 4 is 38.4 Å². The number of sulfonamides is 1. The van der Waals surface area contributed by atoms with Crippen LogP contribution in [0.4, 0.5) is 0 Å². The summed E-state index contributed by atoms with van der Waals surface area (Å²) in [6.45, 7) is 0. The molecule has 0 aliphatic heterocycles. The van der Waals surface area contributed by atoms with Gasteiger partial charge in [0.05, 0.1) is 23.0 Å². The molecule has 0 unspecified atom stereocenters. The van der Waals surface area contributed by atoms with Crippen LogP contribution in [-0.4, -0.2) is 29.5 Å². The maximum absolute atomic E-state index is 12.2. The molecule has 3 aromatic rings. The van der Waals surface area contributed by atoms with Gasteiger partial charge >= 0.3 is 0 Å². The third kappa shape index (κ3) is 3.49. The molecule has 0 aliphatic carbocycles. The minimum atomic E-state index is -3.86. The second kappa shape index (κ2) is 5.98. The van der Waals surface area contributed by atoms with Gasteiger partial charge in [0.15, 0.2) is 0 Å². The van der Waals surface area contributed by atoms with Gasteiger partial charge < -0.3 is 0 Å². The molecule has 7 nitrogen and oxygen atoms in total. The lowest BCUT2D eigenvalue weighted by Crippen LogP contribution is -2.31. The molecule has 0 aliphatic rings. The minimum Gasteiger partial charge on any atom is -0.277 e. The molecule has 9 heteroatoms. The molecule has 23 heavy (non-hydrogen) atoms. The van der Waals surface area contributed by atoms with Crippen LogP contribution >= 0.6 is 11.6 Å². The Morgan fingerprint density at radius 1 is 1.22 bits per heavy atom. The molecule has 0 saturated carbocycles. The van der Waals surface area contributed by atoms with Crippen LogP contribution in [0.15, 0.2) is 42.7 Å². The number of aromatic amines is 1. The smallest absolute Gasteiger partial charge is 0.266 e. The number of para-hydroxylation sites is 1. The highest BCUT2D eigenvalue weighted by atomic mass is 35.5. The maximum atomic E-state index is 12.2. The van der Waals surface area contributed by atoms with E-state index in [9.17, 15) is 13.2 Å². The summed E-state index contributed by atoms with van der Waals surface area (Å²) in [6.07, 6.45) is 2.90. The molecule has 3 rings (SSSR count). The predicted octanol–water partition coefficient (Wildman–Crippen LogP) is 1.87. The van der Waals surface area contributed by atoms with E-state index in [-0.39, 0.29) is 16.5 Å². The Bertz CT molecular complexity index is 967. The summed E-state index contributed by atoms with van der Waals surface area (Å²) in [7, 11) is -3.86. The highest BCUT2D eigenvalue weighted by Crippen LogP contribution is 2.16. The zero-order chi connectivity index (χ0) is 16.4. The largest absolute Gasteiger partial charge is 0.277 e. The van der Waals surface area contributed by atoms with Crippen LogP contribution < -0.4 is 4.72 Å². The molecule has 2 heterocycles. The molecule has 118 valence electrons. The van der Waals surface area contributed by atoms with Gasteiger partial charge in [-0.05, 0) is 17.7 Å². The second-order valence-corrected chi connectivity index (χ2v) is 6.93. The Labute approximate surface area is 136 Å². The molecule has 0 spiro atoms. The van der Waals surface area contributed by atoms with Crippen molar-refractivity contribution in [1.29, 1.82) is 0 Å². The van der Waals surface area contributed by atoms with Crippen molar-refractivity contribution in [2.45, 2.75) is 5.75 Å². The zero-order valence-corrected chi connectivity index (χ0v) is 13.2. The van der Waals surface area contributed by atoms with E-state index in [4.69, 9.17) is 11.6 Å². The Hall–Kier alpha value is -2.45. The number of aromatic nitrogens is 3. The quantitative estimate of drug-likeness (QED) is 0.699. The second-order valence-electron chi connectivity index (χ2n) is 4.82. The van der Waals surface area contributed by atoms with Gasteiger partial charge in [0.1, 0.15) is 5.15 Å². The van der Waals surface area contributed by atoms with Crippen molar-refractivity contribution in [3.8, 4) is 0 Å². The molecule has 2 aromatic heterocycles. The first-order valence-corrected chi connectivity index (χ1v) is 8.55. The zero-order valence-electron chi connectivity index (χ0n) is 11.7. The van der Waals surface area contributed by atoms with E-state index in [2.05, 4.69) is 15.2 Å². The molecular formula is C14H11ClN4O3S. The van der Waals surface area contributed by atoms with Crippen LogP contribution in [0.3, 0.4) is 0 Å². The van der Waals surface area contributed by atoms with Gasteiger partial charge in [-0.25, -0.2) is 18.1 Å². The number of amides is 1. The number of nitrogens with zero attached hydrogens (tertiary/aromatic N) is 2. The maximum Gasteiger partial charge on any atom is 0.266 e. The van der Waals surface area contributed by atoms with E-state index < -0.39 is 15.9 Å². The van der Waals surface area contributed by atoms with Crippen molar-refractivity contribution < 1.29 is 13.2 Å². The van der Waals surface area contributed by atoms with Crippen LogP contribution in [0.25, 0.3) is 10.9 Å². The van der Waals surface area contributed by atoms with Crippen molar-refractivity contribution in [2.75, 3.05) is 0 Å². The normalized spacial score (nSPS) is 11.5. The Balaban J connectivity index is 1.81. The fraction of sp³-hybridized carbons (Fsp3) is 0.0714. The molecule has 0 radical (unpaired) electrons. The first-order chi connectivity index (χ1) is 10.9. The summed E-state index contributed by atoms with van der Waals surface area (Å²) >= 11 is 5.65. The molecule has 1 aromatic carbocycles. The number of halogens is 1. The number of fused-ring (bicyclic) bond motifs is 1. The van der Waals surface area contributed by atoms with Crippen LogP contribution in [-0.2, 0) is 15.8 Å². The Kier molecular flexibility index (Phi) is 4.01. The highest BCUT2D eigenvalue weighted by Gasteiger charge is 2.19. The predicted molar refractivity (Wildman–Crippen MR) is 85.4 cm³/mol. The van der Waals surface area contributed by atoms with Gasteiger partial charge in [-0.3, -0.25) is 9.89 Å². The lowest BCUT2D eigenvalue weighted by atomic mass is 10.1. The van der Waals surface area contributed by atoms with Crippen LogP contribution in [0.2, 0.25) is 5.15 Å². The van der Waals surface area contributed by atoms with E-state index in [1.54, 1.807) is 18.3 Å². The minimum absolute atomic E-state index is 0.206. The standard InChI is InChI=1S/C14H11ClN4O3S/c15-12-5-4-9(6-16-12)8-23(21,22)19-14(20)11-3-1-2-10-7-17-18-13(10)11/h1-7H,8H2,(H,17,18)(H,19,20). The van der Waals surface area contributed by atoms with Crippen LogP contribution in [0.1, 0.15) is 15.9 Å². The monoisotopic (exact) mass is 350 g/mol. The summed E-state index contributed by atoms with van der Waals surface area (Å²) in [4.78, 5) is 16.1.